The first-order valence-corrected chi connectivity index (χ1v) is 12.6. The molecule has 8 heteroatoms. The summed E-state index contributed by atoms with van der Waals surface area (Å²) < 4.78 is 38.9. The van der Waals surface area contributed by atoms with E-state index in [0.717, 1.165) is 50.1 Å². The number of Topliss-reactive ketones (excluding diaryl/α,β-unsaturated/α-hetero) is 1. The summed E-state index contributed by atoms with van der Waals surface area (Å²) in [5.74, 6) is 1.86. The second-order valence-corrected chi connectivity index (χ2v) is 10.2. The van der Waals surface area contributed by atoms with Crippen LogP contribution in [0.1, 0.15) is 36.0 Å². The van der Waals surface area contributed by atoms with Crippen molar-refractivity contribution in [2.45, 2.75) is 36.6 Å². The topological polar surface area (TPSA) is 84.9 Å². The third-order valence-electron chi connectivity index (χ3n) is 5.94. The lowest BCUT2D eigenvalue weighted by molar-refractivity contribution is 0.0967. The van der Waals surface area contributed by atoms with Gasteiger partial charge in [-0.2, -0.15) is 0 Å². The maximum absolute atomic E-state index is 12.6. The van der Waals surface area contributed by atoms with E-state index >= 15 is 0 Å². The summed E-state index contributed by atoms with van der Waals surface area (Å²) >= 11 is 0. The number of benzene rings is 2. The fourth-order valence-electron chi connectivity index (χ4n) is 3.95. The highest BCUT2D eigenvalue weighted by Gasteiger charge is 2.30. The van der Waals surface area contributed by atoms with E-state index in [1.807, 2.05) is 24.3 Å². The van der Waals surface area contributed by atoms with Gasteiger partial charge in [-0.3, -0.25) is 4.79 Å². The van der Waals surface area contributed by atoms with Crippen LogP contribution in [0.4, 0.5) is 0 Å². The number of rotatable bonds is 11. The van der Waals surface area contributed by atoms with Gasteiger partial charge in [0.05, 0.1) is 18.6 Å². The van der Waals surface area contributed by atoms with E-state index in [-0.39, 0.29) is 22.6 Å². The third-order valence-corrected chi connectivity index (χ3v) is 7.47. The fourth-order valence-corrected chi connectivity index (χ4v) is 5.21. The van der Waals surface area contributed by atoms with Gasteiger partial charge in [0, 0.05) is 30.6 Å². The van der Waals surface area contributed by atoms with Crippen molar-refractivity contribution in [3.63, 3.8) is 0 Å². The van der Waals surface area contributed by atoms with Gasteiger partial charge in [0.25, 0.3) is 0 Å². The molecule has 0 aromatic heterocycles. The Bertz CT molecular complexity index is 1020. The predicted molar refractivity (Wildman–Crippen MR) is 122 cm³/mol. The van der Waals surface area contributed by atoms with Crippen LogP contribution >= 0.6 is 0 Å². The van der Waals surface area contributed by atoms with Crippen LogP contribution in [0, 0.1) is 5.92 Å². The minimum atomic E-state index is -3.55. The van der Waals surface area contributed by atoms with E-state index in [1.165, 1.54) is 0 Å². The van der Waals surface area contributed by atoms with Crippen LogP contribution in [0.15, 0.2) is 53.4 Å². The molecule has 32 heavy (non-hydrogen) atoms. The molecular formula is C24H30N2O5S. The molecule has 1 atom stereocenters. The molecule has 0 unspecified atom stereocenters. The summed E-state index contributed by atoms with van der Waals surface area (Å²) in [5, 5.41) is 0. The van der Waals surface area contributed by atoms with Gasteiger partial charge in [-0.25, -0.2) is 13.1 Å². The second kappa shape index (κ2) is 10.0. The molecule has 1 aliphatic carbocycles. The molecule has 0 spiro atoms. The van der Waals surface area contributed by atoms with Crippen molar-refractivity contribution in [1.29, 1.82) is 0 Å². The Hall–Kier alpha value is -2.42. The molecule has 0 amide bonds. The van der Waals surface area contributed by atoms with Gasteiger partial charge >= 0.3 is 0 Å². The number of carbonyl (C=O) groups excluding carboxylic acids is 1. The number of carbonyl (C=O) groups is 1. The molecule has 2 aromatic carbocycles. The summed E-state index contributed by atoms with van der Waals surface area (Å²) in [4.78, 5) is 14.5. The lowest BCUT2D eigenvalue weighted by atomic mass is 10.1. The summed E-state index contributed by atoms with van der Waals surface area (Å²) in [5.41, 5.74) is 0.764. The van der Waals surface area contributed by atoms with Crippen LogP contribution in [-0.4, -0.2) is 58.5 Å². The molecule has 1 saturated carbocycles. The minimum absolute atomic E-state index is 0.0976. The Morgan fingerprint density at radius 1 is 1.03 bits per heavy atom. The van der Waals surface area contributed by atoms with Gasteiger partial charge < -0.3 is 14.4 Å². The van der Waals surface area contributed by atoms with Gasteiger partial charge in [-0.15, -0.1) is 0 Å². The first-order valence-electron chi connectivity index (χ1n) is 11.1. The Labute approximate surface area is 189 Å². The van der Waals surface area contributed by atoms with Gasteiger partial charge in [-0.1, -0.05) is 0 Å². The van der Waals surface area contributed by atoms with Gasteiger partial charge in [0.2, 0.25) is 10.0 Å². The number of methoxy groups -OCH3 is 1. The summed E-state index contributed by atoms with van der Waals surface area (Å²) in [6.45, 7) is 2.97. The number of nitrogens with one attached hydrogen (secondary N) is 1. The summed E-state index contributed by atoms with van der Waals surface area (Å²) in [6.07, 6.45) is 3.65. The second-order valence-electron chi connectivity index (χ2n) is 8.45. The molecule has 1 aliphatic heterocycles. The smallest absolute Gasteiger partial charge is 0.240 e. The van der Waals surface area contributed by atoms with E-state index in [1.54, 1.807) is 31.4 Å². The molecular weight excluding hydrogens is 428 g/mol. The van der Waals surface area contributed by atoms with Crippen LogP contribution in [0.2, 0.25) is 0 Å². The number of ketones is 1. The average Bonchev–Trinajstić information content (AvgIpc) is 3.57. The van der Waals surface area contributed by atoms with Crippen LogP contribution in [0.5, 0.6) is 11.5 Å². The first-order chi connectivity index (χ1) is 15.4. The van der Waals surface area contributed by atoms with E-state index in [0.29, 0.717) is 18.9 Å². The minimum Gasteiger partial charge on any atom is -0.497 e. The molecule has 2 fully saturated rings. The van der Waals surface area contributed by atoms with Gasteiger partial charge in [-0.05, 0) is 80.8 Å². The number of hydrogen-bond acceptors (Lipinski definition) is 6. The highest BCUT2D eigenvalue weighted by Crippen LogP contribution is 2.32. The lowest BCUT2D eigenvalue weighted by Gasteiger charge is -2.17. The lowest BCUT2D eigenvalue weighted by Crippen LogP contribution is -2.37. The van der Waals surface area contributed by atoms with Crippen LogP contribution in [-0.2, 0) is 10.0 Å². The van der Waals surface area contributed by atoms with Crippen molar-refractivity contribution >= 4 is 15.8 Å². The van der Waals surface area contributed by atoms with Gasteiger partial charge in [0.1, 0.15) is 11.5 Å². The molecule has 172 valence electrons. The molecule has 0 radical (unpaired) electrons. The van der Waals surface area contributed by atoms with Crippen LogP contribution in [0.3, 0.4) is 0 Å². The maximum Gasteiger partial charge on any atom is 0.240 e. The monoisotopic (exact) mass is 458 g/mol. The fraction of sp³-hybridized carbons (Fsp3) is 0.458. The third kappa shape index (κ3) is 5.88. The molecule has 7 nitrogen and oxygen atoms in total. The Morgan fingerprint density at radius 3 is 2.38 bits per heavy atom. The molecule has 1 saturated heterocycles. The number of nitrogens with zero attached hydrogens (tertiary/aromatic N) is 1. The van der Waals surface area contributed by atoms with E-state index < -0.39 is 10.0 Å². The molecule has 2 aromatic rings. The zero-order valence-electron chi connectivity index (χ0n) is 18.3. The number of hydrogen-bond donors (Lipinski definition) is 1. The van der Waals surface area contributed by atoms with Gasteiger partial charge in [0.15, 0.2) is 5.78 Å². The first kappa shape index (κ1) is 22.8. The summed E-state index contributed by atoms with van der Waals surface area (Å²) in [6, 6.07) is 13.7. The number of ether oxygens (including phenoxy) is 2. The highest BCUT2D eigenvalue weighted by atomic mass is 32.2. The van der Waals surface area contributed by atoms with Crippen LogP contribution < -0.4 is 14.2 Å². The highest BCUT2D eigenvalue weighted by molar-refractivity contribution is 7.89. The Kier molecular flexibility index (Phi) is 7.13. The van der Waals surface area contributed by atoms with E-state index in [4.69, 9.17) is 9.47 Å². The molecule has 1 heterocycles. The normalized spacial score (nSPS) is 19.1. The zero-order chi connectivity index (χ0) is 22.6. The van der Waals surface area contributed by atoms with Crippen molar-refractivity contribution < 1.29 is 22.7 Å². The largest absolute Gasteiger partial charge is 0.497 e. The molecule has 1 N–H and O–H groups in total. The molecule has 0 bridgehead atoms. The van der Waals surface area contributed by atoms with E-state index in [2.05, 4.69) is 9.62 Å². The zero-order valence-corrected chi connectivity index (χ0v) is 19.1. The number of sulfonamides is 1. The Morgan fingerprint density at radius 2 is 1.72 bits per heavy atom. The molecule has 4 rings (SSSR count). The maximum atomic E-state index is 12.6. The number of likely N-dealkylation sites (tertiary alicyclic amines) is 1. The standard InChI is InChI=1S/C24H30N2O5S/c1-30-21-9-11-23(12-10-21)32(28,29)25-20-13-15-26(17-20)14-2-16-31-22-7-5-19(6-8-22)24(27)18-3-4-18/h5-12,18,20,25H,2-4,13-17H2,1H3/t20-/m0/s1. The van der Waals surface area contributed by atoms with Crippen molar-refractivity contribution in [1.82, 2.24) is 9.62 Å². The quantitative estimate of drug-likeness (QED) is 0.411. The average molecular weight is 459 g/mol. The van der Waals surface area contributed by atoms with Crippen molar-refractivity contribution in [2.24, 2.45) is 5.92 Å². The summed E-state index contributed by atoms with van der Waals surface area (Å²) in [7, 11) is -2.00. The van der Waals surface area contributed by atoms with Crippen molar-refractivity contribution in [2.75, 3.05) is 33.4 Å². The SMILES string of the molecule is COc1ccc(S(=O)(=O)N[C@H]2CCN(CCCOc3ccc(C(=O)C4CC4)cc3)C2)cc1. The molecule has 2 aliphatic rings. The van der Waals surface area contributed by atoms with Crippen molar-refractivity contribution in [3.05, 3.63) is 54.1 Å². The van der Waals surface area contributed by atoms with Crippen LogP contribution in [0.25, 0.3) is 0 Å². The van der Waals surface area contributed by atoms with Crippen molar-refractivity contribution in [3.8, 4) is 11.5 Å². The Balaban J connectivity index is 1.17. The van der Waals surface area contributed by atoms with E-state index in [9.17, 15) is 13.2 Å². The predicted octanol–water partition coefficient (Wildman–Crippen LogP) is 3.11.